The molecule has 0 atom stereocenters. The van der Waals surface area contributed by atoms with E-state index in [0.717, 1.165) is 4.31 Å². The zero-order chi connectivity index (χ0) is 10.3. The third-order valence-electron chi connectivity index (χ3n) is 2.15. The van der Waals surface area contributed by atoms with Crippen molar-refractivity contribution in [3.8, 4) is 0 Å². The summed E-state index contributed by atoms with van der Waals surface area (Å²) in [5.74, 6) is 0.0890. The molecular weight excluding hydrogens is 202 g/mol. The van der Waals surface area contributed by atoms with Crippen molar-refractivity contribution in [3.05, 3.63) is 23.9 Å². The van der Waals surface area contributed by atoms with Gasteiger partial charge in [-0.2, -0.15) is 0 Å². The molecule has 0 aromatic carbocycles. The molecule has 0 amide bonds. The highest BCUT2D eigenvalue weighted by molar-refractivity contribution is 7.93. The smallest absolute Gasteiger partial charge is 0.241 e. The van der Waals surface area contributed by atoms with Crippen LogP contribution in [0.5, 0.6) is 0 Å². The van der Waals surface area contributed by atoms with E-state index in [4.69, 9.17) is 5.41 Å². The molecule has 1 aromatic rings. The van der Waals surface area contributed by atoms with Gasteiger partial charge in [-0.15, -0.1) is 0 Å². The molecule has 0 saturated carbocycles. The largest absolute Gasteiger partial charge is 0.303 e. The summed E-state index contributed by atoms with van der Waals surface area (Å²) in [5, 5.41) is 7.57. The standard InChI is InChI=1S/C8H9N3O2S/c1-11-8-6(3-2-4-10-8)7(9)5-14(11,12)13/h2-4,9H,5H2,1H3. The maximum absolute atomic E-state index is 11.5. The molecule has 1 aliphatic heterocycles. The second-order valence-corrected chi connectivity index (χ2v) is 5.08. The first kappa shape index (κ1) is 9.14. The summed E-state index contributed by atoms with van der Waals surface area (Å²) in [5.41, 5.74) is 0.691. The van der Waals surface area contributed by atoms with Crippen LogP contribution in [-0.4, -0.2) is 31.9 Å². The van der Waals surface area contributed by atoms with E-state index in [9.17, 15) is 8.42 Å². The van der Waals surface area contributed by atoms with Crippen LogP contribution in [0.4, 0.5) is 5.82 Å². The predicted octanol–water partition coefficient (Wildman–Crippen LogP) is 0.229. The van der Waals surface area contributed by atoms with Gasteiger partial charge in [-0.1, -0.05) is 0 Å². The van der Waals surface area contributed by atoms with Crippen molar-refractivity contribution < 1.29 is 8.42 Å². The number of hydrogen-bond acceptors (Lipinski definition) is 4. The number of anilines is 1. The summed E-state index contributed by atoms with van der Waals surface area (Å²) in [6.45, 7) is 0. The van der Waals surface area contributed by atoms with Gasteiger partial charge in [0.2, 0.25) is 10.0 Å². The summed E-state index contributed by atoms with van der Waals surface area (Å²) < 4.78 is 24.1. The van der Waals surface area contributed by atoms with Crippen molar-refractivity contribution in [2.75, 3.05) is 17.1 Å². The molecular formula is C8H9N3O2S. The van der Waals surface area contributed by atoms with Gasteiger partial charge < -0.3 is 5.41 Å². The summed E-state index contributed by atoms with van der Waals surface area (Å²) >= 11 is 0. The van der Waals surface area contributed by atoms with Crippen molar-refractivity contribution in [2.24, 2.45) is 0 Å². The molecule has 5 nitrogen and oxygen atoms in total. The monoisotopic (exact) mass is 211 g/mol. The fourth-order valence-corrected chi connectivity index (χ4v) is 2.50. The van der Waals surface area contributed by atoms with Gasteiger partial charge in [0, 0.05) is 18.8 Å². The van der Waals surface area contributed by atoms with Gasteiger partial charge in [0.1, 0.15) is 5.75 Å². The van der Waals surface area contributed by atoms with Gasteiger partial charge in [-0.3, -0.25) is 4.31 Å². The van der Waals surface area contributed by atoms with Crippen LogP contribution in [0.3, 0.4) is 0 Å². The van der Waals surface area contributed by atoms with E-state index in [2.05, 4.69) is 4.98 Å². The Morgan fingerprint density at radius 2 is 2.29 bits per heavy atom. The van der Waals surface area contributed by atoms with E-state index in [1.165, 1.54) is 13.2 Å². The fraction of sp³-hybridized carbons (Fsp3) is 0.250. The lowest BCUT2D eigenvalue weighted by Crippen LogP contribution is -2.38. The van der Waals surface area contributed by atoms with Crippen molar-refractivity contribution in [1.82, 2.24) is 4.98 Å². The van der Waals surface area contributed by atoms with Crippen molar-refractivity contribution >= 4 is 21.6 Å². The van der Waals surface area contributed by atoms with E-state index >= 15 is 0 Å². The topological polar surface area (TPSA) is 74.1 Å². The predicted molar refractivity (Wildman–Crippen MR) is 53.3 cm³/mol. The van der Waals surface area contributed by atoms with Crippen LogP contribution in [0.2, 0.25) is 0 Å². The number of aromatic nitrogens is 1. The first-order valence-corrected chi connectivity index (χ1v) is 5.63. The number of nitrogens with zero attached hydrogens (tertiary/aromatic N) is 2. The Balaban J connectivity index is 2.69. The van der Waals surface area contributed by atoms with Gasteiger partial charge in [-0.05, 0) is 12.1 Å². The van der Waals surface area contributed by atoms with Crippen molar-refractivity contribution in [2.45, 2.75) is 0 Å². The Labute approximate surface area is 81.9 Å². The number of nitrogens with one attached hydrogen (secondary N) is 1. The minimum Gasteiger partial charge on any atom is -0.303 e. The van der Waals surface area contributed by atoms with Crippen LogP contribution in [0.15, 0.2) is 18.3 Å². The molecule has 1 aliphatic rings. The van der Waals surface area contributed by atoms with Crippen LogP contribution in [0, 0.1) is 5.41 Å². The Morgan fingerprint density at radius 1 is 1.57 bits per heavy atom. The van der Waals surface area contributed by atoms with Crippen LogP contribution >= 0.6 is 0 Å². The fourth-order valence-electron chi connectivity index (χ4n) is 1.37. The zero-order valence-electron chi connectivity index (χ0n) is 7.56. The van der Waals surface area contributed by atoms with Gasteiger partial charge in [0.05, 0.1) is 5.71 Å². The molecule has 0 bridgehead atoms. The molecule has 0 spiro atoms. The Kier molecular flexibility index (Phi) is 1.81. The van der Waals surface area contributed by atoms with Crippen LogP contribution in [-0.2, 0) is 10.0 Å². The van der Waals surface area contributed by atoms with E-state index in [1.807, 2.05) is 0 Å². The van der Waals surface area contributed by atoms with E-state index in [0.29, 0.717) is 11.4 Å². The second-order valence-electron chi connectivity index (χ2n) is 3.08. The second kappa shape index (κ2) is 2.78. The molecule has 1 N–H and O–H groups in total. The molecule has 0 radical (unpaired) electrons. The maximum Gasteiger partial charge on any atom is 0.241 e. The molecule has 0 fully saturated rings. The number of fused-ring (bicyclic) bond motifs is 1. The SMILES string of the molecule is CN1c2ncccc2C(=N)CS1(=O)=O. The van der Waals surface area contributed by atoms with E-state index in [-0.39, 0.29) is 11.5 Å². The Hall–Kier alpha value is -1.43. The Morgan fingerprint density at radius 3 is 3.00 bits per heavy atom. The first-order chi connectivity index (χ1) is 6.52. The number of sulfonamides is 1. The van der Waals surface area contributed by atoms with E-state index in [1.54, 1.807) is 12.1 Å². The quantitative estimate of drug-likeness (QED) is 0.667. The highest BCUT2D eigenvalue weighted by atomic mass is 32.2. The zero-order valence-corrected chi connectivity index (χ0v) is 8.37. The minimum atomic E-state index is -3.38. The molecule has 0 aliphatic carbocycles. The molecule has 0 saturated heterocycles. The highest BCUT2D eigenvalue weighted by Crippen LogP contribution is 2.24. The average molecular weight is 211 g/mol. The molecule has 74 valence electrons. The molecule has 6 heteroatoms. The number of hydrogen-bond donors (Lipinski definition) is 1. The summed E-state index contributed by atoms with van der Waals surface area (Å²) in [7, 11) is -1.93. The summed E-state index contributed by atoms with van der Waals surface area (Å²) in [4.78, 5) is 3.95. The average Bonchev–Trinajstić information content (AvgIpc) is 2.14. The summed E-state index contributed by atoms with van der Waals surface area (Å²) in [6.07, 6.45) is 1.52. The summed E-state index contributed by atoms with van der Waals surface area (Å²) in [6, 6.07) is 3.40. The van der Waals surface area contributed by atoms with Gasteiger partial charge in [0.15, 0.2) is 5.82 Å². The third-order valence-corrected chi connectivity index (χ3v) is 3.81. The lowest BCUT2D eigenvalue weighted by Gasteiger charge is -2.25. The molecule has 0 unspecified atom stereocenters. The molecule has 2 rings (SSSR count). The molecule has 14 heavy (non-hydrogen) atoms. The third kappa shape index (κ3) is 1.19. The first-order valence-electron chi connectivity index (χ1n) is 4.02. The number of pyridine rings is 1. The van der Waals surface area contributed by atoms with Gasteiger partial charge in [-0.25, -0.2) is 13.4 Å². The highest BCUT2D eigenvalue weighted by Gasteiger charge is 2.30. The molecule has 2 heterocycles. The van der Waals surface area contributed by atoms with Gasteiger partial charge in [0.25, 0.3) is 0 Å². The van der Waals surface area contributed by atoms with Crippen molar-refractivity contribution in [1.29, 1.82) is 5.41 Å². The van der Waals surface area contributed by atoms with Crippen LogP contribution in [0.1, 0.15) is 5.56 Å². The van der Waals surface area contributed by atoms with Crippen LogP contribution < -0.4 is 4.31 Å². The van der Waals surface area contributed by atoms with Crippen molar-refractivity contribution in [3.63, 3.8) is 0 Å². The van der Waals surface area contributed by atoms with E-state index < -0.39 is 10.0 Å². The maximum atomic E-state index is 11.5. The Bertz CT molecular complexity index is 495. The van der Waals surface area contributed by atoms with Gasteiger partial charge >= 0.3 is 0 Å². The lowest BCUT2D eigenvalue weighted by molar-refractivity contribution is 0.597. The lowest BCUT2D eigenvalue weighted by atomic mass is 10.2. The minimum absolute atomic E-state index is 0.103. The van der Waals surface area contributed by atoms with Crippen LogP contribution in [0.25, 0.3) is 0 Å². The number of rotatable bonds is 0. The normalized spacial score (nSPS) is 19.2. The molecule has 1 aromatic heterocycles.